The number of hydrogen-bond donors (Lipinski definition) is 1. The van der Waals surface area contributed by atoms with Gasteiger partial charge in [-0.3, -0.25) is 0 Å². The summed E-state index contributed by atoms with van der Waals surface area (Å²) in [6.07, 6.45) is 0.0529. The first kappa shape index (κ1) is 28.6. The molecule has 7 nitrogen and oxygen atoms in total. The maximum Gasteiger partial charge on any atom is 0.410 e. The van der Waals surface area contributed by atoms with Crippen LogP contribution >= 0.6 is 0 Å². The molecule has 0 aromatic heterocycles. The first-order chi connectivity index (χ1) is 15.5. The van der Waals surface area contributed by atoms with E-state index < -0.39 is 24.1 Å². The Bertz CT molecular complexity index is 706. The molecule has 1 aromatic carbocycles. The van der Waals surface area contributed by atoms with E-state index in [-0.39, 0.29) is 25.6 Å². The smallest absolute Gasteiger partial charge is 0.410 e. The van der Waals surface area contributed by atoms with Gasteiger partial charge in [-0.2, -0.15) is 0 Å². The summed E-state index contributed by atoms with van der Waals surface area (Å²) in [6, 6.07) is 7.03. The predicted molar refractivity (Wildman–Crippen MR) is 121 cm³/mol. The van der Waals surface area contributed by atoms with Gasteiger partial charge >= 0.3 is 12.1 Å². The van der Waals surface area contributed by atoms with E-state index in [4.69, 9.17) is 14.2 Å². The van der Waals surface area contributed by atoms with Gasteiger partial charge in [-0.05, 0) is 58.2 Å². The van der Waals surface area contributed by atoms with Gasteiger partial charge in [0.15, 0.2) is 6.10 Å². The van der Waals surface area contributed by atoms with Crippen molar-refractivity contribution in [2.75, 3.05) is 26.3 Å². The second-order valence-electron chi connectivity index (χ2n) is 8.28. The van der Waals surface area contributed by atoms with Crippen LogP contribution in [0.3, 0.4) is 0 Å². The van der Waals surface area contributed by atoms with Crippen LogP contribution < -0.4 is 4.74 Å². The standard InChI is InChI=1S/C24H37F2NO6/c1-5-31-21(22(28)29)17-19-9-11-20(12-10-19)32-16-15-27(23(30)33-18(2)3)14-8-6-7-13-24(4,25)26/h9-12,18,21H,5-8,13-17H2,1-4H3,(H,28,29). The lowest BCUT2D eigenvalue weighted by molar-refractivity contribution is -0.149. The summed E-state index contributed by atoms with van der Waals surface area (Å²) in [4.78, 5) is 25.1. The number of ether oxygens (including phenoxy) is 3. The zero-order valence-corrected chi connectivity index (χ0v) is 20.0. The van der Waals surface area contributed by atoms with Gasteiger partial charge < -0.3 is 24.2 Å². The number of nitrogens with zero attached hydrogens (tertiary/aromatic N) is 1. The number of carboxylic acid groups (broad SMARTS) is 1. The maximum absolute atomic E-state index is 12.9. The summed E-state index contributed by atoms with van der Waals surface area (Å²) < 4.78 is 42.1. The van der Waals surface area contributed by atoms with Crippen molar-refractivity contribution in [1.82, 2.24) is 4.90 Å². The molecule has 1 amide bonds. The second kappa shape index (κ2) is 14.7. The lowest BCUT2D eigenvalue weighted by Crippen LogP contribution is -2.37. The van der Waals surface area contributed by atoms with Gasteiger partial charge in [-0.25, -0.2) is 18.4 Å². The fourth-order valence-electron chi connectivity index (χ4n) is 3.11. The molecule has 1 N–H and O–H groups in total. The minimum atomic E-state index is -2.67. The van der Waals surface area contributed by atoms with E-state index in [1.807, 2.05) is 0 Å². The van der Waals surface area contributed by atoms with Crippen LogP contribution in [-0.2, 0) is 20.7 Å². The number of alkyl halides is 2. The first-order valence-corrected chi connectivity index (χ1v) is 11.4. The summed E-state index contributed by atoms with van der Waals surface area (Å²) in [5.41, 5.74) is 0.808. The number of carbonyl (C=O) groups excluding carboxylic acids is 1. The van der Waals surface area contributed by atoms with Gasteiger partial charge in [0.05, 0.1) is 12.6 Å². The Balaban J connectivity index is 2.53. The normalized spacial score (nSPS) is 12.5. The van der Waals surface area contributed by atoms with E-state index in [9.17, 15) is 23.5 Å². The van der Waals surface area contributed by atoms with Crippen molar-refractivity contribution >= 4 is 12.1 Å². The minimum absolute atomic E-state index is 0.166. The molecule has 0 aliphatic rings. The Morgan fingerprint density at radius 2 is 1.76 bits per heavy atom. The fourth-order valence-corrected chi connectivity index (χ4v) is 3.11. The molecule has 0 aliphatic heterocycles. The number of aliphatic carboxylic acids is 1. The molecule has 9 heteroatoms. The van der Waals surface area contributed by atoms with Gasteiger partial charge in [0, 0.05) is 26.0 Å². The fraction of sp³-hybridized carbons (Fsp3) is 0.667. The molecule has 0 saturated carbocycles. The third-order valence-electron chi connectivity index (χ3n) is 4.76. The average Bonchev–Trinajstić information content (AvgIpc) is 2.71. The molecular weight excluding hydrogens is 436 g/mol. The molecule has 0 spiro atoms. The third-order valence-corrected chi connectivity index (χ3v) is 4.76. The summed E-state index contributed by atoms with van der Waals surface area (Å²) in [7, 11) is 0. The zero-order valence-electron chi connectivity index (χ0n) is 20.0. The monoisotopic (exact) mass is 473 g/mol. The van der Waals surface area contributed by atoms with Crippen molar-refractivity contribution in [2.24, 2.45) is 0 Å². The van der Waals surface area contributed by atoms with Crippen molar-refractivity contribution in [3.05, 3.63) is 29.8 Å². The van der Waals surface area contributed by atoms with Crippen molar-refractivity contribution in [3.8, 4) is 5.75 Å². The Labute approximate surface area is 195 Å². The molecule has 0 aliphatic carbocycles. The lowest BCUT2D eigenvalue weighted by Gasteiger charge is -2.23. The Hall–Kier alpha value is -2.42. The third kappa shape index (κ3) is 13.0. The van der Waals surface area contributed by atoms with Gasteiger partial charge in [-0.15, -0.1) is 0 Å². The van der Waals surface area contributed by atoms with E-state index in [1.165, 1.54) is 4.90 Å². The highest BCUT2D eigenvalue weighted by atomic mass is 19.3. The lowest BCUT2D eigenvalue weighted by atomic mass is 10.1. The van der Waals surface area contributed by atoms with Gasteiger partial charge in [0.1, 0.15) is 12.4 Å². The Morgan fingerprint density at radius 1 is 1.09 bits per heavy atom. The second-order valence-corrected chi connectivity index (χ2v) is 8.28. The van der Waals surface area contributed by atoms with E-state index in [1.54, 1.807) is 45.0 Å². The highest BCUT2D eigenvalue weighted by Crippen LogP contribution is 2.20. The summed E-state index contributed by atoms with van der Waals surface area (Å²) >= 11 is 0. The molecular formula is C24H37F2NO6. The number of halogens is 2. The number of carboxylic acids is 1. The molecule has 0 saturated heterocycles. The van der Waals surface area contributed by atoms with Crippen molar-refractivity contribution in [1.29, 1.82) is 0 Å². The highest BCUT2D eigenvalue weighted by Gasteiger charge is 2.21. The van der Waals surface area contributed by atoms with Crippen LogP contribution in [0, 0.1) is 0 Å². The Morgan fingerprint density at radius 3 is 2.30 bits per heavy atom. The van der Waals surface area contributed by atoms with Crippen molar-refractivity contribution in [2.45, 2.75) is 77.9 Å². The van der Waals surface area contributed by atoms with E-state index in [0.29, 0.717) is 44.7 Å². The number of unbranched alkanes of at least 4 members (excludes halogenated alkanes) is 2. The Kier molecular flexibility index (Phi) is 12.7. The minimum Gasteiger partial charge on any atom is -0.492 e. The number of rotatable bonds is 16. The number of carbonyl (C=O) groups is 2. The molecule has 188 valence electrons. The van der Waals surface area contributed by atoms with E-state index in [2.05, 4.69) is 0 Å². The van der Waals surface area contributed by atoms with Gasteiger partial charge in [0.2, 0.25) is 5.92 Å². The topological polar surface area (TPSA) is 85.3 Å². The van der Waals surface area contributed by atoms with Crippen LogP contribution in [0.5, 0.6) is 5.75 Å². The molecule has 33 heavy (non-hydrogen) atoms. The van der Waals surface area contributed by atoms with E-state index >= 15 is 0 Å². The van der Waals surface area contributed by atoms with Crippen LogP contribution in [0.1, 0.15) is 58.9 Å². The molecule has 0 bridgehead atoms. The van der Waals surface area contributed by atoms with Crippen LogP contribution in [0.25, 0.3) is 0 Å². The van der Waals surface area contributed by atoms with Crippen LogP contribution in [0.4, 0.5) is 13.6 Å². The molecule has 0 fully saturated rings. The largest absolute Gasteiger partial charge is 0.492 e. The number of benzene rings is 1. The summed E-state index contributed by atoms with van der Waals surface area (Å²) in [6.45, 7) is 7.42. The van der Waals surface area contributed by atoms with Crippen molar-refractivity contribution in [3.63, 3.8) is 0 Å². The van der Waals surface area contributed by atoms with Gasteiger partial charge in [-0.1, -0.05) is 18.6 Å². The van der Waals surface area contributed by atoms with Crippen LogP contribution in [0.2, 0.25) is 0 Å². The molecule has 0 radical (unpaired) electrons. The maximum atomic E-state index is 12.9. The highest BCUT2D eigenvalue weighted by molar-refractivity contribution is 5.72. The van der Waals surface area contributed by atoms with Crippen molar-refractivity contribution < 1.29 is 37.7 Å². The SMILES string of the molecule is CCOC(Cc1ccc(OCCN(CCCCCC(C)(F)F)C(=O)OC(C)C)cc1)C(=O)O. The molecule has 1 rings (SSSR count). The molecule has 0 heterocycles. The molecule has 1 unspecified atom stereocenters. The van der Waals surface area contributed by atoms with Crippen LogP contribution in [0.15, 0.2) is 24.3 Å². The summed E-state index contributed by atoms with van der Waals surface area (Å²) in [5.74, 6) is -3.09. The average molecular weight is 474 g/mol. The van der Waals surface area contributed by atoms with Gasteiger partial charge in [0.25, 0.3) is 0 Å². The number of hydrogen-bond acceptors (Lipinski definition) is 5. The zero-order chi connectivity index (χ0) is 24.9. The molecule has 1 atom stereocenters. The quantitative estimate of drug-likeness (QED) is 0.334. The number of amides is 1. The van der Waals surface area contributed by atoms with E-state index in [0.717, 1.165) is 12.5 Å². The van der Waals surface area contributed by atoms with Crippen LogP contribution in [-0.4, -0.2) is 66.5 Å². The summed E-state index contributed by atoms with van der Waals surface area (Å²) in [5, 5.41) is 9.19. The first-order valence-electron chi connectivity index (χ1n) is 11.4. The molecule has 1 aromatic rings. The predicted octanol–water partition coefficient (Wildman–Crippen LogP) is 5.16.